The zero-order valence-corrected chi connectivity index (χ0v) is 21.6. The Kier molecular flexibility index (Phi) is 7.93. The first-order valence-electron chi connectivity index (χ1n) is 10.7. The molecule has 1 amide bonds. The van der Waals surface area contributed by atoms with E-state index in [9.17, 15) is 14.4 Å². The molecule has 0 saturated heterocycles. The van der Waals surface area contributed by atoms with Crippen LogP contribution in [0.25, 0.3) is 11.5 Å². The van der Waals surface area contributed by atoms with Crippen molar-refractivity contribution in [2.45, 2.75) is 52.2 Å². The van der Waals surface area contributed by atoms with Crippen molar-refractivity contribution in [1.29, 1.82) is 0 Å². The fraction of sp³-hybridized carbons (Fsp3) is 0.375. The lowest BCUT2D eigenvalue weighted by Crippen LogP contribution is -2.16. The van der Waals surface area contributed by atoms with Gasteiger partial charge in [0, 0.05) is 5.56 Å². The number of thiophene rings is 1. The van der Waals surface area contributed by atoms with Crippen LogP contribution in [0, 0.1) is 6.92 Å². The number of carbonyl (C=O) groups excluding carboxylic acids is 3. The molecule has 10 heteroatoms. The van der Waals surface area contributed by atoms with Crippen molar-refractivity contribution in [1.82, 2.24) is 10.2 Å². The summed E-state index contributed by atoms with van der Waals surface area (Å²) in [5, 5.41) is 11.3. The van der Waals surface area contributed by atoms with Gasteiger partial charge in [-0.1, -0.05) is 44.7 Å². The second kappa shape index (κ2) is 10.5. The molecule has 0 bridgehead atoms. The van der Waals surface area contributed by atoms with E-state index in [1.54, 1.807) is 13.8 Å². The second-order valence-electron chi connectivity index (χ2n) is 8.57. The normalized spacial score (nSPS) is 11.4. The zero-order valence-electron chi connectivity index (χ0n) is 20.0. The van der Waals surface area contributed by atoms with E-state index in [-0.39, 0.29) is 45.3 Å². The number of aromatic nitrogens is 2. The van der Waals surface area contributed by atoms with Gasteiger partial charge in [0.15, 0.2) is 5.78 Å². The lowest BCUT2D eigenvalue weighted by Gasteiger charge is -2.18. The van der Waals surface area contributed by atoms with Gasteiger partial charge in [-0.3, -0.25) is 9.59 Å². The van der Waals surface area contributed by atoms with Crippen LogP contribution in [-0.4, -0.2) is 40.2 Å². The largest absolute Gasteiger partial charge is 0.462 e. The van der Waals surface area contributed by atoms with Gasteiger partial charge in [-0.15, -0.1) is 21.5 Å². The number of benzene rings is 1. The van der Waals surface area contributed by atoms with Gasteiger partial charge in [0.2, 0.25) is 11.8 Å². The molecule has 0 spiro atoms. The molecule has 0 atom stereocenters. The first-order valence-corrected chi connectivity index (χ1v) is 12.5. The van der Waals surface area contributed by atoms with Crippen molar-refractivity contribution >= 4 is 45.8 Å². The van der Waals surface area contributed by atoms with E-state index in [1.165, 1.54) is 12.5 Å². The minimum atomic E-state index is -0.578. The third-order valence-electron chi connectivity index (χ3n) is 4.93. The van der Waals surface area contributed by atoms with E-state index in [0.29, 0.717) is 16.3 Å². The van der Waals surface area contributed by atoms with Crippen molar-refractivity contribution < 1.29 is 23.5 Å². The predicted molar refractivity (Wildman–Crippen MR) is 133 cm³/mol. The minimum Gasteiger partial charge on any atom is -0.462 e. The Morgan fingerprint density at radius 2 is 1.82 bits per heavy atom. The van der Waals surface area contributed by atoms with Crippen LogP contribution in [0.15, 0.2) is 33.9 Å². The Morgan fingerprint density at radius 1 is 1.15 bits per heavy atom. The maximum Gasteiger partial charge on any atom is 0.341 e. The first kappa shape index (κ1) is 25.6. The van der Waals surface area contributed by atoms with Gasteiger partial charge in [0.05, 0.1) is 22.8 Å². The van der Waals surface area contributed by atoms with Crippen LogP contribution in [0.4, 0.5) is 5.00 Å². The van der Waals surface area contributed by atoms with Crippen molar-refractivity contribution in [3.8, 4) is 11.5 Å². The fourth-order valence-electron chi connectivity index (χ4n) is 3.17. The smallest absolute Gasteiger partial charge is 0.341 e. The molecule has 1 aromatic carbocycles. The highest BCUT2D eigenvalue weighted by Crippen LogP contribution is 2.34. The lowest BCUT2D eigenvalue weighted by molar-refractivity contribution is -0.113. The van der Waals surface area contributed by atoms with Gasteiger partial charge < -0.3 is 14.5 Å². The number of Topliss-reactive ketones (excluding diaryl/α,β-unsaturated/α-hetero) is 1. The standard InChI is InChI=1S/C24H27N3O5S2/c1-7-31-22(30)18-13(2)19(14(3)28)34-21(18)25-17(29)12-33-23-27-26-20(32-23)15-8-10-16(11-9-15)24(4,5)6/h8-11H,7,12H2,1-6H3,(H,25,29). The molecular formula is C24H27N3O5S2. The van der Waals surface area contributed by atoms with E-state index in [1.807, 2.05) is 24.3 Å². The van der Waals surface area contributed by atoms with E-state index < -0.39 is 5.97 Å². The van der Waals surface area contributed by atoms with Crippen molar-refractivity contribution in [2.24, 2.45) is 0 Å². The van der Waals surface area contributed by atoms with Crippen LogP contribution < -0.4 is 5.32 Å². The SMILES string of the molecule is CCOC(=O)c1c(NC(=O)CSc2nnc(-c3ccc(C(C)(C)C)cc3)o2)sc(C(C)=O)c1C. The summed E-state index contributed by atoms with van der Waals surface area (Å²) in [6.45, 7) is 11.4. The summed E-state index contributed by atoms with van der Waals surface area (Å²) < 4.78 is 10.8. The molecule has 2 aromatic heterocycles. The molecule has 180 valence electrons. The van der Waals surface area contributed by atoms with Gasteiger partial charge in [-0.2, -0.15) is 0 Å². The summed E-state index contributed by atoms with van der Waals surface area (Å²) in [5.74, 6) is -0.782. The molecular weight excluding hydrogens is 474 g/mol. The highest BCUT2D eigenvalue weighted by Gasteiger charge is 2.25. The van der Waals surface area contributed by atoms with Crippen LogP contribution in [0.5, 0.6) is 0 Å². The van der Waals surface area contributed by atoms with Crippen molar-refractivity contribution in [3.63, 3.8) is 0 Å². The number of amides is 1. The van der Waals surface area contributed by atoms with E-state index in [4.69, 9.17) is 9.15 Å². The van der Waals surface area contributed by atoms with Crippen LogP contribution >= 0.6 is 23.1 Å². The number of hydrogen-bond donors (Lipinski definition) is 1. The molecule has 8 nitrogen and oxygen atoms in total. The van der Waals surface area contributed by atoms with Gasteiger partial charge in [-0.05, 0) is 49.4 Å². The van der Waals surface area contributed by atoms with Crippen molar-refractivity contribution in [2.75, 3.05) is 17.7 Å². The Morgan fingerprint density at radius 3 is 2.41 bits per heavy atom. The van der Waals surface area contributed by atoms with E-state index in [0.717, 1.165) is 28.7 Å². The molecule has 0 fully saturated rings. The Balaban J connectivity index is 1.67. The number of esters is 1. The summed E-state index contributed by atoms with van der Waals surface area (Å²) >= 11 is 2.14. The summed E-state index contributed by atoms with van der Waals surface area (Å²) in [5.41, 5.74) is 2.73. The van der Waals surface area contributed by atoms with Gasteiger partial charge in [-0.25, -0.2) is 4.79 Å². The highest BCUT2D eigenvalue weighted by molar-refractivity contribution is 7.99. The van der Waals surface area contributed by atoms with Crippen molar-refractivity contribution in [3.05, 3.63) is 45.8 Å². The number of carbonyl (C=O) groups is 3. The summed E-state index contributed by atoms with van der Waals surface area (Å²) in [7, 11) is 0. The highest BCUT2D eigenvalue weighted by atomic mass is 32.2. The number of nitrogens with one attached hydrogen (secondary N) is 1. The Labute approximate surface area is 206 Å². The fourth-order valence-corrected chi connectivity index (χ4v) is 4.84. The second-order valence-corrected chi connectivity index (χ2v) is 10.5. The minimum absolute atomic E-state index is 0.0147. The number of rotatable bonds is 8. The number of anilines is 1. The molecule has 3 aromatic rings. The average molecular weight is 502 g/mol. The lowest BCUT2D eigenvalue weighted by atomic mass is 9.87. The zero-order chi connectivity index (χ0) is 25.0. The van der Waals surface area contributed by atoms with Crippen LogP contribution in [0.1, 0.15) is 65.8 Å². The number of thioether (sulfide) groups is 1. The summed E-state index contributed by atoms with van der Waals surface area (Å²) in [6, 6.07) is 7.91. The van der Waals surface area contributed by atoms with Gasteiger partial charge in [0.1, 0.15) is 5.00 Å². The number of ketones is 1. The molecule has 0 aliphatic rings. The first-order chi connectivity index (χ1) is 16.0. The number of ether oxygens (including phenoxy) is 1. The van der Waals surface area contributed by atoms with Gasteiger partial charge in [0.25, 0.3) is 5.22 Å². The summed E-state index contributed by atoms with van der Waals surface area (Å²) in [4.78, 5) is 37.3. The number of hydrogen-bond acceptors (Lipinski definition) is 9. The Hall–Kier alpha value is -2.98. The topological polar surface area (TPSA) is 111 Å². The molecule has 1 N–H and O–H groups in total. The predicted octanol–water partition coefficient (Wildman–Crippen LogP) is 5.51. The monoisotopic (exact) mass is 501 g/mol. The molecule has 0 saturated carbocycles. The average Bonchev–Trinajstić information content (AvgIpc) is 3.36. The maximum absolute atomic E-state index is 12.6. The molecule has 34 heavy (non-hydrogen) atoms. The number of nitrogens with zero attached hydrogens (tertiary/aromatic N) is 2. The summed E-state index contributed by atoms with van der Waals surface area (Å²) in [6.07, 6.45) is 0. The molecule has 0 aliphatic carbocycles. The molecule has 2 heterocycles. The molecule has 0 radical (unpaired) electrons. The van der Waals surface area contributed by atoms with Gasteiger partial charge >= 0.3 is 5.97 Å². The van der Waals surface area contributed by atoms with Crippen LogP contribution in [-0.2, 0) is 14.9 Å². The molecule has 0 aliphatic heterocycles. The maximum atomic E-state index is 12.6. The Bertz CT molecular complexity index is 1210. The van der Waals surface area contributed by atoms with E-state index >= 15 is 0 Å². The van der Waals surface area contributed by atoms with E-state index in [2.05, 4.69) is 36.3 Å². The molecule has 3 rings (SSSR count). The quantitative estimate of drug-likeness (QED) is 0.244. The molecule has 0 unspecified atom stereocenters. The third-order valence-corrected chi connectivity index (χ3v) is 7.06. The van der Waals surface area contributed by atoms with Crippen LogP contribution in [0.3, 0.4) is 0 Å². The van der Waals surface area contributed by atoms with Crippen LogP contribution in [0.2, 0.25) is 0 Å². The third kappa shape index (κ3) is 5.92.